The lowest BCUT2D eigenvalue weighted by Crippen LogP contribution is -2.45. The fourth-order valence-corrected chi connectivity index (χ4v) is 5.05. The molecule has 182 valence electrons. The molecule has 1 aromatic rings. The number of hydrogen-bond donors (Lipinski definition) is 1. The van der Waals surface area contributed by atoms with Gasteiger partial charge in [-0.25, -0.2) is 4.79 Å². The molecular formula is C28H41NO4. The summed E-state index contributed by atoms with van der Waals surface area (Å²) in [5.41, 5.74) is 4.00. The van der Waals surface area contributed by atoms with Crippen LogP contribution in [-0.2, 0) is 11.2 Å². The molecule has 0 bridgehead atoms. The molecule has 3 rings (SSSR count). The van der Waals surface area contributed by atoms with Gasteiger partial charge in [-0.15, -0.1) is 0 Å². The third-order valence-electron chi connectivity index (χ3n) is 7.27. The highest BCUT2D eigenvalue weighted by Crippen LogP contribution is 2.47. The van der Waals surface area contributed by atoms with Crippen LogP contribution in [0.5, 0.6) is 11.5 Å². The van der Waals surface area contributed by atoms with E-state index >= 15 is 0 Å². The van der Waals surface area contributed by atoms with Crippen LogP contribution in [0.3, 0.4) is 0 Å². The number of carbonyl (C=O) groups excluding carboxylic acids is 1. The first-order valence-corrected chi connectivity index (χ1v) is 12.5. The van der Waals surface area contributed by atoms with Gasteiger partial charge >= 0.3 is 6.16 Å². The van der Waals surface area contributed by atoms with Gasteiger partial charge in [0.1, 0.15) is 11.5 Å². The normalized spacial score (nSPS) is 22.9. The van der Waals surface area contributed by atoms with Crippen molar-refractivity contribution in [3.05, 3.63) is 47.1 Å². The van der Waals surface area contributed by atoms with Gasteiger partial charge in [0.05, 0.1) is 6.61 Å². The first-order valence-electron chi connectivity index (χ1n) is 12.5. The van der Waals surface area contributed by atoms with E-state index in [9.17, 15) is 9.90 Å². The molecule has 2 aliphatic rings. The van der Waals surface area contributed by atoms with Gasteiger partial charge in [-0.2, -0.15) is 0 Å². The molecule has 0 saturated carbocycles. The molecule has 1 aliphatic heterocycles. The summed E-state index contributed by atoms with van der Waals surface area (Å²) in [4.78, 5) is 14.9. The number of hydrogen-bond acceptors (Lipinski definition) is 5. The summed E-state index contributed by atoms with van der Waals surface area (Å²) in [6.07, 6.45) is 9.55. The van der Waals surface area contributed by atoms with Gasteiger partial charge in [-0.05, 0) is 89.6 Å². The van der Waals surface area contributed by atoms with E-state index in [1.807, 2.05) is 19.1 Å². The van der Waals surface area contributed by atoms with Crippen LogP contribution in [0, 0.1) is 5.92 Å². The van der Waals surface area contributed by atoms with E-state index in [0.717, 1.165) is 69.0 Å². The number of aryl methyl sites for hydroxylation is 1. The number of allylic oxidation sites excluding steroid dienone is 3. The molecule has 0 aromatic heterocycles. The molecular weight excluding hydrogens is 414 g/mol. The zero-order valence-electron chi connectivity index (χ0n) is 20.9. The highest BCUT2D eigenvalue weighted by Gasteiger charge is 2.31. The van der Waals surface area contributed by atoms with Gasteiger partial charge in [0.2, 0.25) is 0 Å². The lowest BCUT2D eigenvalue weighted by molar-refractivity contribution is 0.0647. The summed E-state index contributed by atoms with van der Waals surface area (Å²) in [6.45, 7) is 12.0. The van der Waals surface area contributed by atoms with Crippen LogP contribution in [0.2, 0.25) is 0 Å². The summed E-state index contributed by atoms with van der Waals surface area (Å²) in [7, 11) is 2.09. The van der Waals surface area contributed by atoms with Crippen molar-refractivity contribution in [1.29, 1.82) is 0 Å². The van der Waals surface area contributed by atoms with Crippen LogP contribution in [0.15, 0.2) is 35.9 Å². The summed E-state index contributed by atoms with van der Waals surface area (Å²) in [5, 5.41) is 11.1. The monoisotopic (exact) mass is 455 g/mol. The van der Waals surface area contributed by atoms with Gasteiger partial charge in [-0.3, -0.25) is 0 Å². The second-order valence-corrected chi connectivity index (χ2v) is 9.93. The molecule has 5 heteroatoms. The van der Waals surface area contributed by atoms with Crippen molar-refractivity contribution < 1.29 is 19.4 Å². The molecule has 0 amide bonds. The fraction of sp³-hybridized carbons (Fsp3) is 0.607. The highest BCUT2D eigenvalue weighted by atomic mass is 16.7. The van der Waals surface area contributed by atoms with E-state index in [2.05, 4.69) is 38.5 Å². The van der Waals surface area contributed by atoms with Gasteiger partial charge in [0.15, 0.2) is 0 Å². The minimum absolute atomic E-state index is 0.0765. The van der Waals surface area contributed by atoms with E-state index in [1.54, 1.807) is 0 Å². The molecule has 0 radical (unpaired) electrons. The van der Waals surface area contributed by atoms with E-state index in [0.29, 0.717) is 24.0 Å². The molecule has 0 spiro atoms. The SMILES string of the molecule is C=C(C)[C@@H]1CCC(C)=C[C@H]1c1c(O)cc(CCCCC)cc1OC(=O)OCCC1CCN1C. The van der Waals surface area contributed by atoms with Crippen molar-refractivity contribution >= 4 is 6.16 Å². The average molecular weight is 456 g/mol. The second-order valence-electron chi connectivity index (χ2n) is 9.93. The van der Waals surface area contributed by atoms with E-state index in [1.165, 1.54) is 5.57 Å². The Hall–Kier alpha value is -2.27. The van der Waals surface area contributed by atoms with E-state index in [-0.39, 0.29) is 17.6 Å². The number of unbranched alkanes of at least 4 members (excludes halogenated alkanes) is 2. The topological polar surface area (TPSA) is 59.0 Å². The molecule has 5 nitrogen and oxygen atoms in total. The molecule has 1 fully saturated rings. The smallest absolute Gasteiger partial charge is 0.507 e. The summed E-state index contributed by atoms with van der Waals surface area (Å²) in [6, 6.07) is 4.23. The fourth-order valence-electron chi connectivity index (χ4n) is 5.05. The Labute approximate surface area is 199 Å². The summed E-state index contributed by atoms with van der Waals surface area (Å²) < 4.78 is 11.2. The molecule has 3 atom stereocenters. The quantitative estimate of drug-likeness (QED) is 0.183. The Balaban J connectivity index is 1.83. The maximum Gasteiger partial charge on any atom is 0.513 e. The molecule has 1 aliphatic carbocycles. The molecule has 1 unspecified atom stereocenters. The zero-order valence-corrected chi connectivity index (χ0v) is 20.9. The number of rotatable bonds is 10. The Morgan fingerprint density at radius 1 is 1.27 bits per heavy atom. The second kappa shape index (κ2) is 11.7. The Morgan fingerprint density at radius 2 is 2.06 bits per heavy atom. The zero-order chi connectivity index (χ0) is 24.0. The van der Waals surface area contributed by atoms with Crippen molar-refractivity contribution in [1.82, 2.24) is 4.90 Å². The average Bonchev–Trinajstić information content (AvgIpc) is 2.75. The molecule has 1 heterocycles. The number of phenols is 1. The van der Waals surface area contributed by atoms with E-state index < -0.39 is 6.16 Å². The van der Waals surface area contributed by atoms with E-state index in [4.69, 9.17) is 9.47 Å². The third kappa shape index (κ3) is 6.63. The number of ether oxygens (including phenoxy) is 2. The molecule has 1 N–H and O–H groups in total. The lowest BCUT2D eigenvalue weighted by Gasteiger charge is -2.37. The lowest BCUT2D eigenvalue weighted by atomic mass is 9.73. The summed E-state index contributed by atoms with van der Waals surface area (Å²) >= 11 is 0. The van der Waals surface area contributed by atoms with Crippen LogP contribution >= 0.6 is 0 Å². The summed E-state index contributed by atoms with van der Waals surface area (Å²) in [5.74, 6) is 0.713. The van der Waals surface area contributed by atoms with Crippen molar-refractivity contribution in [2.24, 2.45) is 5.92 Å². The largest absolute Gasteiger partial charge is 0.513 e. The van der Waals surface area contributed by atoms with Gasteiger partial charge in [0, 0.05) is 17.5 Å². The number of carbonyl (C=O) groups is 1. The van der Waals surface area contributed by atoms with Crippen molar-refractivity contribution in [2.75, 3.05) is 20.2 Å². The third-order valence-corrected chi connectivity index (χ3v) is 7.27. The van der Waals surface area contributed by atoms with Crippen molar-refractivity contribution in [3.63, 3.8) is 0 Å². The van der Waals surface area contributed by atoms with Crippen LogP contribution in [-0.4, -0.2) is 42.4 Å². The number of benzene rings is 1. The Kier molecular flexibility index (Phi) is 9.02. The van der Waals surface area contributed by atoms with Crippen molar-refractivity contribution in [2.45, 2.75) is 84.1 Å². The first kappa shape index (κ1) is 25.4. The number of likely N-dealkylation sites (tertiary alicyclic amines) is 1. The minimum atomic E-state index is -0.702. The van der Waals surface area contributed by atoms with Gasteiger partial charge < -0.3 is 19.5 Å². The van der Waals surface area contributed by atoms with Gasteiger partial charge in [0.25, 0.3) is 0 Å². The predicted octanol–water partition coefficient (Wildman–Crippen LogP) is 6.75. The number of phenolic OH excluding ortho intramolecular Hbond substituents is 1. The minimum Gasteiger partial charge on any atom is -0.507 e. The first-order chi connectivity index (χ1) is 15.8. The standard InChI is InChI=1S/C28H41NO4/c1-6-7-8-9-21-17-25(30)27(24-16-20(4)10-11-23(24)19(2)3)26(18-21)33-28(31)32-15-13-22-12-14-29(22)5/h16-18,22-24,30H,2,6-15H2,1,3-5H3/t22?,23-,24+/m0/s1. The number of nitrogens with zero attached hydrogens (tertiary/aromatic N) is 1. The van der Waals surface area contributed by atoms with Crippen LogP contribution < -0.4 is 4.74 Å². The number of aromatic hydroxyl groups is 1. The molecule has 1 saturated heterocycles. The Bertz CT molecular complexity index is 875. The van der Waals surface area contributed by atoms with Gasteiger partial charge in [-0.1, -0.05) is 43.6 Å². The molecule has 1 aromatic carbocycles. The Morgan fingerprint density at radius 3 is 2.70 bits per heavy atom. The van der Waals surface area contributed by atoms with Crippen LogP contribution in [0.25, 0.3) is 0 Å². The van der Waals surface area contributed by atoms with Crippen LogP contribution in [0.4, 0.5) is 4.79 Å². The van der Waals surface area contributed by atoms with Crippen molar-refractivity contribution in [3.8, 4) is 11.5 Å². The highest BCUT2D eigenvalue weighted by molar-refractivity contribution is 5.66. The maximum absolute atomic E-state index is 12.6. The molecule has 33 heavy (non-hydrogen) atoms. The van der Waals surface area contributed by atoms with Crippen LogP contribution in [0.1, 0.15) is 82.8 Å². The predicted molar refractivity (Wildman–Crippen MR) is 133 cm³/mol. The maximum atomic E-state index is 12.6.